The highest BCUT2D eigenvalue weighted by molar-refractivity contribution is 6.29. The number of methoxy groups -OCH3 is 2. The Morgan fingerprint density at radius 2 is 1.96 bits per heavy atom. The number of halogens is 1. The summed E-state index contributed by atoms with van der Waals surface area (Å²) < 4.78 is 16.3. The van der Waals surface area contributed by atoms with Gasteiger partial charge in [-0.15, -0.1) is 0 Å². The van der Waals surface area contributed by atoms with Crippen LogP contribution in [0.5, 0.6) is 5.75 Å². The van der Waals surface area contributed by atoms with Gasteiger partial charge in [-0.25, -0.2) is 4.79 Å². The maximum atomic E-state index is 11.9. The molecule has 0 saturated carbocycles. The van der Waals surface area contributed by atoms with Gasteiger partial charge in [-0.05, 0) is 12.1 Å². The molecule has 7 nitrogen and oxygen atoms in total. The van der Waals surface area contributed by atoms with E-state index in [4.69, 9.17) is 25.8 Å². The SMILES string of the molecule is COC(=CC(=O)Oc1ccccc1-n1cnc(=O)cc1Cl)OC. The Balaban J connectivity index is 2.36. The lowest BCUT2D eigenvalue weighted by Gasteiger charge is -2.12. The molecule has 8 heteroatoms. The van der Waals surface area contributed by atoms with E-state index >= 15 is 0 Å². The van der Waals surface area contributed by atoms with Crippen LogP contribution in [0.4, 0.5) is 0 Å². The van der Waals surface area contributed by atoms with Crippen molar-refractivity contribution in [2.45, 2.75) is 0 Å². The highest BCUT2D eigenvalue weighted by Crippen LogP contribution is 2.25. The Bertz CT molecular complexity index is 794. The number of hydrogen-bond donors (Lipinski definition) is 0. The highest BCUT2D eigenvalue weighted by Gasteiger charge is 2.12. The van der Waals surface area contributed by atoms with Crippen molar-refractivity contribution in [1.29, 1.82) is 0 Å². The van der Waals surface area contributed by atoms with Gasteiger partial charge in [0.05, 0.1) is 19.9 Å². The maximum Gasteiger partial charge on any atom is 0.343 e. The Morgan fingerprint density at radius 1 is 1.26 bits per heavy atom. The first kappa shape index (κ1) is 16.6. The van der Waals surface area contributed by atoms with Gasteiger partial charge >= 0.3 is 5.97 Å². The summed E-state index contributed by atoms with van der Waals surface area (Å²) in [6.07, 6.45) is 2.31. The zero-order valence-corrected chi connectivity index (χ0v) is 13.1. The molecule has 0 N–H and O–H groups in total. The monoisotopic (exact) mass is 336 g/mol. The molecule has 0 saturated heterocycles. The van der Waals surface area contributed by atoms with Crippen LogP contribution in [-0.4, -0.2) is 29.7 Å². The predicted octanol–water partition coefficient (Wildman–Crippen LogP) is 1.93. The van der Waals surface area contributed by atoms with Crippen molar-refractivity contribution in [2.75, 3.05) is 14.2 Å². The van der Waals surface area contributed by atoms with E-state index in [1.54, 1.807) is 24.3 Å². The van der Waals surface area contributed by atoms with E-state index in [1.165, 1.54) is 25.1 Å². The number of carbonyl (C=O) groups excluding carboxylic acids is 1. The highest BCUT2D eigenvalue weighted by atomic mass is 35.5. The number of nitrogens with zero attached hydrogens (tertiary/aromatic N) is 2. The molecule has 0 amide bonds. The molecule has 120 valence electrons. The van der Waals surface area contributed by atoms with Crippen LogP contribution in [0, 0.1) is 0 Å². The van der Waals surface area contributed by atoms with Gasteiger partial charge in [0.15, 0.2) is 5.75 Å². The quantitative estimate of drug-likeness (QED) is 0.273. The molecule has 0 aliphatic rings. The van der Waals surface area contributed by atoms with Gasteiger partial charge in [0.2, 0.25) is 0 Å². The summed E-state index contributed by atoms with van der Waals surface area (Å²) in [6.45, 7) is 0. The van der Waals surface area contributed by atoms with E-state index in [0.29, 0.717) is 5.69 Å². The molecule has 0 unspecified atom stereocenters. The molecule has 0 aliphatic carbocycles. The third-order valence-electron chi connectivity index (χ3n) is 2.75. The lowest BCUT2D eigenvalue weighted by molar-refractivity contribution is -0.129. The number of hydrogen-bond acceptors (Lipinski definition) is 6. The fraction of sp³-hybridized carbons (Fsp3) is 0.133. The summed E-state index contributed by atoms with van der Waals surface area (Å²) in [5.41, 5.74) is -0.0170. The summed E-state index contributed by atoms with van der Waals surface area (Å²) in [5.74, 6) is -0.454. The second-order valence-corrected chi connectivity index (χ2v) is 4.57. The van der Waals surface area contributed by atoms with Crippen molar-refractivity contribution < 1.29 is 19.0 Å². The topological polar surface area (TPSA) is 79.7 Å². The van der Waals surface area contributed by atoms with E-state index in [2.05, 4.69) is 4.98 Å². The zero-order chi connectivity index (χ0) is 16.8. The normalized spacial score (nSPS) is 9.87. The average Bonchev–Trinajstić information content (AvgIpc) is 2.53. The maximum absolute atomic E-state index is 11.9. The Morgan fingerprint density at radius 3 is 2.61 bits per heavy atom. The van der Waals surface area contributed by atoms with Crippen molar-refractivity contribution in [1.82, 2.24) is 9.55 Å². The molecular formula is C15H13ClN2O5. The van der Waals surface area contributed by atoms with Gasteiger partial charge in [0.1, 0.15) is 17.6 Å². The van der Waals surface area contributed by atoms with Crippen LogP contribution >= 0.6 is 11.6 Å². The van der Waals surface area contributed by atoms with Crippen molar-refractivity contribution in [3.63, 3.8) is 0 Å². The van der Waals surface area contributed by atoms with Gasteiger partial charge in [0, 0.05) is 6.07 Å². The minimum atomic E-state index is -0.693. The van der Waals surface area contributed by atoms with Crippen LogP contribution in [0.1, 0.15) is 0 Å². The van der Waals surface area contributed by atoms with Crippen LogP contribution in [0.2, 0.25) is 5.15 Å². The number of carbonyl (C=O) groups is 1. The van der Waals surface area contributed by atoms with E-state index in [-0.39, 0.29) is 16.8 Å². The molecule has 23 heavy (non-hydrogen) atoms. The van der Waals surface area contributed by atoms with Crippen LogP contribution in [0.3, 0.4) is 0 Å². The first-order valence-corrected chi connectivity index (χ1v) is 6.78. The standard InChI is InChI=1S/C15H13ClN2O5/c1-21-15(22-2)8-14(20)23-11-6-4-3-5-10(11)18-9-17-13(19)7-12(18)16/h3-9H,1-2H3. The van der Waals surface area contributed by atoms with E-state index in [0.717, 1.165) is 12.1 Å². The van der Waals surface area contributed by atoms with Gasteiger partial charge in [0.25, 0.3) is 11.5 Å². The van der Waals surface area contributed by atoms with E-state index < -0.39 is 11.5 Å². The lowest BCUT2D eigenvalue weighted by atomic mass is 10.3. The summed E-state index contributed by atoms with van der Waals surface area (Å²) >= 11 is 6.03. The Labute approximate surface area is 136 Å². The summed E-state index contributed by atoms with van der Waals surface area (Å²) in [6, 6.07) is 7.82. The van der Waals surface area contributed by atoms with Crippen molar-refractivity contribution in [3.05, 3.63) is 64.2 Å². The molecule has 1 aromatic heterocycles. The van der Waals surface area contributed by atoms with Gasteiger partial charge < -0.3 is 14.2 Å². The lowest BCUT2D eigenvalue weighted by Crippen LogP contribution is -2.12. The van der Waals surface area contributed by atoms with Crippen LogP contribution in [0.15, 0.2) is 53.5 Å². The first-order chi connectivity index (χ1) is 11.0. The Kier molecular flexibility index (Phi) is 5.37. The van der Waals surface area contributed by atoms with Gasteiger partial charge in [-0.1, -0.05) is 23.7 Å². The molecule has 0 bridgehead atoms. The van der Waals surface area contributed by atoms with Crippen molar-refractivity contribution in [2.24, 2.45) is 0 Å². The predicted molar refractivity (Wildman–Crippen MR) is 82.6 cm³/mol. The second-order valence-electron chi connectivity index (χ2n) is 4.18. The number of para-hydroxylation sites is 2. The fourth-order valence-corrected chi connectivity index (χ4v) is 1.96. The largest absolute Gasteiger partial charge is 0.469 e. The van der Waals surface area contributed by atoms with Crippen LogP contribution in [0.25, 0.3) is 5.69 Å². The molecule has 1 heterocycles. The minimum Gasteiger partial charge on any atom is -0.469 e. The molecule has 0 aliphatic heterocycles. The molecule has 2 aromatic rings. The number of aromatic nitrogens is 2. The summed E-state index contributed by atoms with van der Waals surface area (Å²) in [5, 5.41) is 0.138. The molecular weight excluding hydrogens is 324 g/mol. The van der Waals surface area contributed by atoms with Crippen molar-refractivity contribution in [3.8, 4) is 11.4 Å². The third-order valence-corrected chi connectivity index (χ3v) is 3.04. The first-order valence-electron chi connectivity index (χ1n) is 6.40. The molecule has 0 fully saturated rings. The smallest absolute Gasteiger partial charge is 0.343 e. The van der Waals surface area contributed by atoms with E-state index in [1.807, 2.05) is 0 Å². The zero-order valence-electron chi connectivity index (χ0n) is 12.4. The van der Waals surface area contributed by atoms with Crippen LogP contribution < -0.4 is 10.3 Å². The summed E-state index contributed by atoms with van der Waals surface area (Å²) in [4.78, 5) is 26.7. The number of esters is 1. The Hall–Kier alpha value is -2.80. The van der Waals surface area contributed by atoms with Crippen molar-refractivity contribution >= 4 is 17.6 Å². The minimum absolute atomic E-state index is 0.00976. The summed E-state index contributed by atoms with van der Waals surface area (Å²) in [7, 11) is 2.73. The van der Waals surface area contributed by atoms with E-state index in [9.17, 15) is 9.59 Å². The van der Waals surface area contributed by atoms with Gasteiger partial charge in [-0.2, -0.15) is 4.98 Å². The molecule has 0 radical (unpaired) electrons. The third kappa shape index (κ3) is 4.10. The molecule has 0 atom stereocenters. The number of rotatable bonds is 5. The average molecular weight is 337 g/mol. The number of benzene rings is 1. The molecule has 2 rings (SSSR count). The number of ether oxygens (including phenoxy) is 3. The van der Waals surface area contributed by atoms with Crippen LogP contribution in [-0.2, 0) is 14.3 Å². The molecule has 0 spiro atoms. The second kappa shape index (κ2) is 7.46. The van der Waals surface area contributed by atoms with Gasteiger partial charge in [-0.3, -0.25) is 9.36 Å². The fourth-order valence-electron chi connectivity index (χ4n) is 1.73. The molecule has 1 aromatic carbocycles.